The van der Waals surface area contributed by atoms with Gasteiger partial charge in [0.15, 0.2) is 0 Å². The highest BCUT2D eigenvalue weighted by molar-refractivity contribution is 6.30. The lowest BCUT2D eigenvalue weighted by Gasteiger charge is -2.30. The zero-order valence-corrected chi connectivity index (χ0v) is 11.8. The summed E-state index contributed by atoms with van der Waals surface area (Å²) in [4.78, 5) is 0. The molecule has 3 heteroatoms. The highest BCUT2D eigenvalue weighted by Crippen LogP contribution is 2.39. The fourth-order valence-corrected chi connectivity index (χ4v) is 2.52. The summed E-state index contributed by atoms with van der Waals surface area (Å²) in [5.41, 5.74) is 4.63. The van der Waals surface area contributed by atoms with Crippen LogP contribution in [0.25, 0.3) is 0 Å². The summed E-state index contributed by atoms with van der Waals surface area (Å²) in [7, 11) is 0. The van der Waals surface area contributed by atoms with E-state index in [4.69, 9.17) is 16.3 Å². The molecule has 1 heterocycles. The molecular weight excluding hydrogens is 258 g/mol. The molecule has 2 nitrogen and oxygen atoms in total. The maximum absolute atomic E-state index is 6.16. The van der Waals surface area contributed by atoms with E-state index in [9.17, 15) is 0 Å². The van der Waals surface area contributed by atoms with Gasteiger partial charge in [-0.3, -0.25) is 0 Å². The molecule has 3 rings (SSSR count). The van der Waals surface area contributed by atoms with E-state index in [1.807, 2.05) is 24.3 Å². The molecule has 1 aliphatic heterocycles. The van der Waals surface area contributed by atoms with E-state index in [0.29, 0.717) is 0 Å². The first kappa shape index (κ1) is 12.4. The maximum atomic E-state index is 6.16. The topological polar surface area (TPSA) is 21.3 Å². The summed E-state index contributed by atoms with van der Waals surface area (Å²) in [5, 5.41) is 4.23. The van der Waals surface area contributed by atoms with Crippen LogP contribution in [0.1, 0.15) is 22.8 Å². The number of hydrogen-bond acceptors (Lipinski definition) is 2. The first-order valence-corrected chi connectivity index (χ1v) is 6.79. The van der Waals surface area contributed by atoms with Crippen molar-refractivity contribution in [1.82, 2.24) is 0 Å². The molecule has 0 spiro atoms. The second-order valence-corrected chi connectivity index (χ2v) is 5.38. The van der Waals surface area contributed by atoms with Gasteiger partial charge in [0.2, 0.25) is 0 Å². The third-order valence-electron chi connectivity index (χ3n) is 3.53. The van der Waals surface area contributed by atoms with Crippen LogP contribution in [0.2, 0.25) is 5.02 Å². The van der Waals surface area contributed by atoms with Crippen molar-refractivity contribution in [1.29, 1.82) is 0 Å². The molecule has 2 aromatic carbocycles. The van der Waals surface area contributed by atoms with Crippen LogP contribution in [0.4, 0.5) is 5.69 Å². The third-order valence-corrected chi connectivity index (χ3v) is 3.78. The van der Waals surface area contributed by atoms with Crippen molar-refractivity contribution in [3.05, 3.63) is 58.1 Å². The molecule has 0 radical (unpaired) electrons. The summed E-state index contributed by atoms with van der Waals surface area (Å²) in [6, 6.07) is 12.1. The van der Waals surface area contributed by atoms with Crippen LogP contribution >= 0.6 is 11.6 Å². The van der Waals surface area contributed by atoms with E-state index in [1.54, 1.807) is 0 Å². The minimum atomic E-state index is 0.0327. The molecular formula is C16H16ClNO. The predicted octanol–water partition coefficient (Wildman–Crippen LogP) is 4.50. The van der Waals surface area contributed by atoms with Crippen molar-refractivity contribution in [2.75, 3.05) is 11.9 Å². The Morgan fingerprint density at radius 3 is 2.47 bits per heavy atom. The zero-order valence-electron chi connectivity index (χ0n) is 11.0. The summed E-state index contributed by atoms with van der Waals surface area (Å²) >= 11 is 5.92. The van der Waals surface area contributed by atoms with Crippen LogP contribution in [-0.4, -0.2) is 6.54 Å². The lowest BCUT2D eigenvalue weighted by molar-refractivity contribution is 0.209. The number of rotatable bonds is 1. The van der Waals surface area contributed by atoms with Crippen LogP contribution in [-0.2, 0) is 0 Å². The van der Waals surface area contributed by atoms with Gasteiger partial charge in [-0.05, 0) is 42.7 Å². The first-order chi connectivity index (χ1) is 9.15. The van der Waals surface area contributed by atoms with Crippen molar-refractivity contribution in [2.45, 2.75) is 20.0 Å². The average Bonchev–Trinajstić information content (AvgIpc) is 2.43. The van der Waals surface area contributed by atoms with Gasteiger partial charge < -0.3 is 10.1 Å². The number of halogens is 1. The molecule has 1 unspecified atom stereocenters. The standard InChI is InChI=1S/C16H16ClNO/c1-10-3-4-11(2)16-15(10)18-9-14(19-16)12-5-7-13(17)8-6-12/h3-8,14,18H,9H2,1-2H3. The molecule has 1 aliphatic rings. The average molecular weight is 274 g/mol. The lowest BCUT2D eigenvalue weighted by atomic mass is 10.0. The Labute approximate surface area is 118 Å². The molecule has 2 aromatic rings. The Morgan fingerprint density at radius 1 is 1.05 bits per heavy atom. The molecule has 0 aliphatic carbocycles. The third kappa shape index (κ3) is 2.28. The highest BCUT2D eigenvalue weighted by Gasteiger charge is 2.23. The Balaban J connectivity index is 1.94. The minimum Gasteiger partial charge on any atom is -0.481 e. The van der Waals surface area contributed by atoms with Gasteiger partial charge in [-0.25, -0.2) is 0 Å². The fraction of sp³-hybridized carbons (Fsp3) is 0.250. The summed E-state index contributed by atoms with van der Waals surface area (Å²) < 4.78 is 6.16. The number of nitrogens with one attached hydrogen (secondary N) is 1. The van der Waals surface area contributed by atoms with E-state index in [0.717, 1.165) is 34.1 Å². The smallest absolute Gasteiger partial charge is 0.146 e. The number of aryl methyl sites for hydroxylation is 2. The number of ether oxygens (including phenoxy) is 1. The molecule has 0 fully saturated rings. The van der Waals surface area contributed by atoms with E-state index < -0.39 is 0 Å². The quantitative estimate of drug-likeness (QED) is 0.826. The Bertz CT molecular complexity index is 607. The number of fused-ring (bicyclic) bond motifs is 1. The van der Waals surface area contributed by atoms with Gasteiger partial charge in [0.05, 0.1) is 12.2 Å². The van der Waals surface area contributed by atoms with Crippen LogP contribution in [0.3, 0.4) is 0 Å². The Kier molecular flexibility index (Phi) is 3.11. The summed E-state index contributed by atoms with van der Waals surface area (Å²) in [6.07, 6.45) is 0.0327. The van der Waals surface area contributed by atoms with Crippen molar-refractivity contribution >= 4 is 17.3 Å². The van der Waals surface area contributed by atoms with Gasteiger partial charge in [0.1, 0.15) is 11.9 Å². The Hall–Kier alpha value is -1.67. The van der Waals surface area contributed by atoms with E-state index in [-0.39, 0.29) is 6.10 Å². The highest BCUT2D eigenvalue weighted by atomic mass is 35.5. The normalized spacial score (nSPS) is 17.3. The molecule has 0 amide bonds. The predicted molar refractivity (Wildman–Crippen MR) is 79.2 cm³/mol. The number of anilines is 1. The SMILES string of the molecule is Cc1ccc(C)c2c1NCC(c1ccc(Cl)cc1)O2. The molecule has 0 aromatic heterocycles. The fourth-order valence-electron chi connectivity index (χ4n) is 2.40. The van der Waals surface area contributed by atoms with Gasteiger partial charge in [0.25, 0.3) is 0 Å². The zero-order chi connectivity index (χ0) is 13.4. The number of hydrogen-bond donors (Lipinski definition) is 1. The van der Waals surface area contributed by atoms with Crippen LogP contribution in [0.15, 0.2) is 36.4 Å². The molecule has 0 saturated heterocycles. The molecule has 98 valence electrons. The van der Waals surface area contributed by atoms with Gasteiger partial charge in [-0.2, -0.15) is 0 Å². The van der Waals surface area contributed by atoms with Crippen molar-refractivity contribution in [3.8, 4) is 5.75 Å². The molecule has 0 saturated carbocycles. The van der Waals surface area contributed by atoms with Crippen LogP contribution in [0, 0.1) is 13.8 Å². The van der Waals surface area contributed by atoms with Crippen molar-refractivity contribution in [2.24, 2.45) is 0 Å². The summed E-state index contributed by atoms with van der Waals surface area (Å²) in [6.45, 7) is 4.94. The van der Waals surface area contributed by atoms with E-state index in [1.165, 1.54) is 5.56 Å². The first-order valence-electron chi connectivity index (χ1n) is 6.41. The van der Waals surface area contributed by atoms with Crippen molar-refractivity contribution in [3.63, 3.8) is 0 Å². The second kappa shape index (κ2) is 4.78. The summed E-state index contributed by atoms with van der Waals surface area (Å²) in [5.74, 6) is 0.964. The molecule has 1 atom stereocenters. The van der Waals surface area contributed by atoms with Gasteiger partial charge >= 0.3 is 0 Å². The molecule has 19 heavy (non-hydrogen) atoms. The molecule has 0 bridgehead atoms. The second-order valence-electron chi connectivity index (χ2n) is 4.94. The van der Waals surface area contributed by atoms with Gasteiger partial charge in [0, 0.05) is 5.02 Å². The Morgan fingerprint density at radius 2 is 1.74 bits per heavy atom. The lowest BCUT2D eigenvalue weighted by Crippen LogP contribution is -2.24. The van der Waals surface area contributed by atoms with Crippen LogP contribution in [0.5, 0.6) is 5.75 Å². The molecule has 1 N–H and O–H groups in total. The van der Waals surface area contributed by atoms with Gasteiger partial charge in [-0.1, -0.05) is 35.9 Å². The van der Waals surface area contributed by atoms with E-state index in [2.05, 4.69) is 31.3 Å². The maximum Gasteiger partial charge on any atom is 0.146 e. The van der Waals surface area contributed by atoms with Crippen molar-refractivity contribution < 1.29 is 4.74 Å². The van der Waals surface area contributed by atoms with E-state index >= 15 is 0 Å². The van der Waals surface area contributed by atoms with Crippen LogP contribution < -0.4 is 10.1 Å². The monoisotopic (exact) mass is 273 g/mol. The van der Waals surface area contributed by atoms with Gasteiger partial charge in [-0.15, -0.1) is 0 Å². The minimum absolute atomic E-state index is 0.0327. The largest absolute Gasteiger partial charge is 0.481 e. The number of benzene rings is 2.